The van der Waals surface area contributed by atoms with Gasteiger partial charge in [0.25, 0.3) is 0 Å². The summed E-state index contributed by atoms with van der Waals surface area (Å²) in [5, 5.41) is 18.0. The Bertz CT molecular complexity index is 802. The minimum Gasteiger partial charge on any atom is -0.478 e. The lowest BCUT2D eigenvalue weighted by Gasteiger charge is -2.21. The van der Waals surface area contributed by atoms with Gasteiger partial charge in [0, 0.05) is 18.2 Å². The predicted molar refractivity (Wildman–Crippen MR) is 123 cm³/mol. The Kier molecular flexibility index (Phi) is 12.2. The van der Waals surface area contributed by atoms with E-state index in [1.54, 1.807) is 6.08 Å². The molecule has 0 amide bonds. The van der Waals surface area contributed by atoms with Crippen molar-refractivity contribution in [3.8, 4) is 0 Å². The molecule has 0 spiro atoms. The molecule has 0 aromatic carbocycles. The van der Waals surface area contributed by atoms with Gasteiger partial charge in [-0.3, -0.25) is 0 Å². The molecule has 0 aromatic rings. The van der Waals surface area contributed by atoms with E-state index in [-0.39, 0.29) is 30.8 Å². The number of aliphatic carboxylic acids is 1. The molecule has 1 aliphatic heterocycles. The van der Waals surface area contributed by atoms with Crippen molar-refractivity contribution >= 4 is 23.9 Å². The van der Waals surface area contributed by atoms with Gasteiger partial charge in [-0.25, -0.2) is 19.2 Å². The highest BCUT2D eigenvalue weighted by Gasteiger charge is 2.26. The third-order valence-electron chi connectivity index (χ3n) is 4.86. The van der Waals surface area contributed by atoms with Crippen molar-refractivity contribution in [3.63, 3.8) is 0 Å². The smallest absolute Gasteiger partial charge is 0.338 e. The summed E-state index contributed by atoms with van der Waals surface area (Å²) in [6.45, 7) is 8.22. The van der Waals surface area contributed by atoms with Crippen molar-refractivity contribution < 1.29 is 43.6 Å². The third-order valence-corrected chi connectivity index (χ3v) is 4.86. The topological polar surface area (TPSA) is 136 Å². The zero-order valence-electron chi connectivity index (χ0n) is 19.9. The molecule has 188 valence electrons. The van der Waals surface area contributed by atoms with Gasteiger partial charge >= 0.3 is 23.9 Å². The molecule has 0 aromatic heterocycles. The van der Waals surface area contributed by atoms with Crippen LogP contribution in [0.3, 0.4) is 0 Å². The molecule has 3 rings (SSSR count). The Labute approximate surface area is 199 Å². The van der Waals surface area contributed by atoms with Crippen LogP contribution in [0.2, 0.25) is 0 Å². The van der Waals surface area contributed by atoms with Gasteiger partial charge in [0.15, 0.2) is 0 Å². The van der Waals surface area contributed by atoms with Crippen LogP contribution in [0.5, 0.6) is 0 Å². The quantitative estimate of drug-likeness (QED) is 0.233. The summed E-state index contributed by atoms with van der Waals surface area (Å²) in [7, 11) is 0. The SMILES string of the molecule is C1=CC2CCC1C2.C=CC(=O)OCC(OCCO)C(=CC(C)(C)C)C(=O)O.O=C1C=CC(=O)O1. The van der Waals surface area contributed by atoms with E-state index in [1.165, 1.54) is 19.3 Å². The summed E-state index contributed by atoms with van der Waals surface area (Å²) in [4.78, 5) is 42.2. The minimum atomic E-state index is -1.16. The maximum atomic E-state index is 11.3. The number of carboxylic acid groups (broad SMARTS) is 1. The molecule has 0 radical (unpaired) electrons. The number of carbonyl (C=O) groups excluding carboxylic acids is 3. The maximum Gasteiger partial charge on any atom is 0.338 e. The molecule has 1 heterocycles. The van der Waals surface area contributed by atoms with Crippen LogP contribution in [0.15, 0.2) is 48.6 Å². The van der Waals surface area contributed by atoms with E-state index in [1.807, 2.05) is 20.8 Å². The van der Waals surface area contributed by atoms with E-state index in [2.05, 4.69) is 23.5 Å². The molecule has 3 unspecified atom stereocenters. The molecule has 1 saturated carbocycles. The van der Waals surface area contributed by atoms with E-state index < -0.39 is 30.0 Å². The Hall–Kier alpha value is -3.04. The van der Waals surface area contributed by atoms with Crippen molar-refractivity contribution in [3.05, 3.63) is 48.6 Å². The highest BCUT2D eigenvalue weighted by atomic mass is 16.6. The van der Waals surface area contributed by atoms with Crippen LogP contribution in [0.1, 0.15) is 40.0 Å². The Morgan fingerprint density at radius 1 is 1.18 bits per heavy atom. The number of allylic oxidation sites excluding steroid dienone is 3. The lowest BCUT2D eigenvalue weighted by Crippen LogP contribution is -2.30. The monoisotopic (exact) mass is 478 g/mol. The highest BCUT2D eigenvalue weighted by Crippen LogP contribution is 2.38. The molecule has 3 atom stereocenters. The average molecular weight is 479 g/mol. The van der Waals surface area contributed by atoms with Crippen molar-refractivity contribution in [2.75, 3.05) is 19.8 Å². The number of fused-ring (bicyclic) bond motifs is 2. The van der Waals surface area contributed by atoms with Crippen LogP contribution in [0.25, 0.3) is 0 Å². The van der Waals surface area contributed by atoms with Crippen LogP contribution in [-0.2, 0) is 33.4 Å². The first-order valence-electron chi connectivity index (χ1n) is 11.0. The second kappa shape index (κ2) is 14.3. The Morgan fingerprint density at radius 3 is 2.03 bits per heavy atom. The number of hydrogen-bond donors (Lipinski definition) is 2. The van der Waals surface area contributed by atoms with Gasteiger partial charge in [-0.1, -0.05) is 45.6 Å². The van der Waals surface area contributed by atoms with Crippen LogP contribution < -0.4 is 0 Å². The van der Waals surface area contributed by atoms with Crippen molar-refractivity contribution in [1.29, 1.82) is 0 Å². The van der Waals surface area contributed by atoms with Gasteiger partial charge in [0.05, 0.1) is 18.8 Å². The number of esters is 3. The van der Waals surface area contributed by atoms with E-state index in [9.17, 15) is 24.3 Å². The van der Waals surface area contributed by atoms with Gasteiger partial charge in [-0.15, -0.1) is 0 Å². The Morgan fingerprint density at radius 2 is 1.74 bits per heavy atom. The van der Waals surface area contributed by atoms with Crippen LogP contribution in [0.4, 0.5) is 0 Å². The molecule has 2 bridgehead atoms. The fraction of sp³-hybridized carbons (Fsp3) is 0.520. The van der Waals surface area contributed by atoms with Crippen LogP contribution in [0, 0.1) is 17.3 Å². The first-order chi connectivity index (χ1) is 15.9. The molecule has 9 nitrogen and oxygen atoms in total. The molecule has 2 N–H and O–H groups in total. The lowest BCUT2D eigenvalue weighted by atomic mass is 9.92. The first kappa shape index (κ1) is 29.0. The molecule has 0 saturated heterocycles. The maximum absolute atomic E-state index is 11.3. The molecule has 1 fully saturated rings. The normalized spacial score (nSPS) is 21.1. The third kappa shape index (κ3) is 11.7. The highest BCUT2D eigenvalue weighted by molar-refractivity contribution is 6.04. The summed E-state index contributed by atoms with van der Waals surface area (Å²) in [5.41, 5.74) is -0.389. The number of hydrogen-bond acceptors (Lipinski definition) is 8. The number of ether oxygens (including phenoxy) is 3. The zero-order chi connectivity index (χ0) is 25.7. The zero-order valence-corrected chi connectivity index (χ0v) is 19.9. The number of aliphatic hydroxyl groups excluding tert-OH is 1. The number of rotatable bonds is 8. The van der Waals surface area contributed by atoms with E-state index in [0.29, 0.717) is 0 Å². The largest absolute Gasteiger partial charge is 0.478 e. The molecule has 2 aliphatic carbocycles. The standard InChI is InChI=1S/C14H22O6.C7H10.C4H2O3/c1-5-12(16)20-9-11(19-7-6-15)10(13(17)18)8-14(2,3)4;1-2-7-4-3-6(1)5-7;5-3-1-2-4(6)7-3/h5,8,11,15H,1,6-7,9H2,2-4H3,(H,17,18);1-2,6-7H,3-5H2;1-2H. The van der Waals surface area contributed by atoms with Crippen molar-refractivity contribution in [2.24, 2.45) is 17.3 Å². The number of carbonyl (C=O) groups is 4. The molecule has 34 heavy (non-hydrogen) atoms. The van der Waals surface area contributed by atoms with Gasteiger partial charge in [0.2, 0.25) is 0 Å². The van der Waals surface area contributed by atoms with Crippen molar-refractivity contribution in [2.45, 2.75) is 46.1 Å². The molecule has 9 heteroatoms. The number of carboxylic acids is 1. The first-order valence-corrected chi connectivity index (χ1v) is 11.0. The minimum absolute atomic E-state index is 0.0113. The average Bonchev–Trinajstić information content (AvgIpc) is 3.51. The molecular formula is C25H34O9. The number of aliphatic hydroxyl groups is 1. The second-order valence-corrected chi connectivity index (χ2v) is 8.98. The van der Waals surface area contributed by atoms with Crippen molar-refractivity contribution in [1.82, 2.24) is 0 Å². The Balaban J connectivity index is 0.000000325. The second-order valence-electron chi connectivity index (χ2n) is 8.98. The summed E-state index contributed by atoms with van der Waals surface area (Å²) in [6.07, 6.45) is 12.9. The summed E-state index contributed by atoms with van der Waals surface area (Å²) in [5.74, 6) is -0.995. The van der Waals surface area contributed by atoms with Gasteiger partial charge in [0.1, 0.15) is 12.7 Å². The molecular weight excluding hydrogens is 444 g/mol. The van der Waals surface area contributed by atoms with Crippen LogP contribution in [-0.4, -0.2) is 60.0 Å². The summed E-state index contributed by atoms with van der Waals surface area (Å²) in [6, 6.07) is 0. The van der Waals surface area contributed by atoms with E-state index in [0.717, 1.165) is 30.1 Å². The number of cyclic esters (lactones) is 2. The summed E-state index contributed by atoms with van der Waals surface area (Å²) < 4.78 is 14.0. The van der Waals surface area contributed by atoms with Gasteiger partial charge < -0.3 is 24.4 Å². The van der Waals surface area contributed by atoms with E-state index in [4.69, 9.17) is 14.6 Å². The fourth-order valence-corrected chi connectivity index (χ4v) is 3.42. The van der Waals surface area contributed by atoms with Gasteiger partial charge in [-0.2, -0.15) is 0 Å². The fourth-order valence-electron chi connectivity index (χ4n) is 3.42. The molecule has 3 aliphatic rings. The van der Waals surface area contributed by atoms with Crippen LogP contribution >= 0.6 is 0 Å². The summed E-state index contributed by atoms with van der Waals surface area (Å²) >= 11 is 0. The lowest BCUT2D eigenvalue weighted by molar-refractivity contribution is -0.150. The van der Waals surface area contributed by atoms with E-state index >= 15 is 0 Å². The predicted octanol–water partition coefficient (Wildman–Crippen LogP) is 2.75. The van der Waals surface area contributed by atoms with Gasteiger partial charge in [-0.05, 0) is 36.5 Å².